The fraction of sp³-hybridized carbons (Fsp3) is 0.353. The van der Waals surface area contributed by atoms with Gasteiger partial charge in [0.15, 0.2) is 5.82 Å². The van der Waals surface area contributed by atoms with Crippen molar-refractivity contribution in [3.63, 3.8) is 0 Å². The van der Waals surface area contributed by atoms with Gasteiger partial charge in [0.25, 0.3) is 0 Å². The molecule has 2 aromatic heterocycles. The first-order chi connectivity index (χ1) is 22.2. The van der Waals surface area contributed by atoms with Crippen molar-refractivity contribution in [1.82, 2.24) is 14.6 Å². The monoisotopic (exact) mass is 631 g/mol. The summed E-state index contributed by atoms with van der Waals surface area (Å²) in [5.41, 5.74) is 9.28. The molecule has 0 spiro atoms. The van der Waals surface area contributed by atoms with Gasteiger partial charge >= 0.3 is 17.9 Å². The van der Waals surface area contributed by atoms with Gasteiger partial charge in [-0.3, -0.25) is 14.4 Å². The molecule has 12 heteroatoms. The summed E-state index contributed by atoms with van der Waals surface area (Å²) in [5, 5.41) is 27.5. The first-order valence-electron chi connectivity index (χ1n) is 14.9. The summed E-state index contributed by atoms with van der Waals surface area (Å²) < 4.78 is 13.2. The van der Waals surface area contributed by atoms with E-state index in [0.29, 0.717) is 12.4 Å². The minimum Gasteiger partial charge on any atom is -0.481 e. The zero-order valence-corrected chi connectivity index (χ0v) is 26.1. The fourth-order valence-corrected chi connectivity index (χ4v) is 4.72. The van der Waals surface area contributed by atoms with E-state index in [-0.39, 0.29) is 36.9 Å². The Bertz CT molecular complexity index is 1470. The Kier molecular flexibility index (Phi) is 16.0. The number of nitrogens with two attached hydrogens (primary N) is 1. The standard InChI is InChI=1S/C17H24N4O3.2C8H8O2.CHN/c1-3-11(4-2)17(22)23-9-12-5-8-15(24-12)13-6-7-14-16(18)19-10-20-21(13)14;2*9-8(10)6-7-4-2-1-3-5-7;1-2/h6-7,10-12,15H,3-5,8-9H2,1-2H3,(H2,18,19,20);2*1-5H,6H2,(H,9,10);1H. The van der Waals surface area contributed by atoms with Crippen LogP contribution in [0.4, 0.5) is 5.82 Å². The first kappa shape index (κ1) is 36.9. The Balaban J connectivity index is 0.000000276. The minimum atomic E-state index is -0.786. The van der Waals surface area contributed by atoms with E-state index >= 15 is 0 Å². The number of fused-ring (bicyclic) bond motifs is 1. The molecule has 2 atom stereocenters. The third-order valence-corrected chi connectivity index (χ3v) is 7.08. The van der Waals surface area contributed by atoms with Crippen molar-refractivity contribution < 1.29 is 34.1 Å². The highest BCUT2D eigenvalue weighted by atomic mass is 16.6. The van der Waals surface area contributed by atoms with Gasteiger partial charge < -0.3 is 25.4 Å². The first-order valence-corrected chi connectivity index (χ1v) is 14.9. The van der Waals surface area contributed by atoms with E-state index in [1.807, 2.05) is 62.4 Å². The SMILES string of the molecule is C#N.CCC(CC)C(=O)OCC1CCC(c2ccc3c(N)ncnn23)O1.O=C(O)Cc1ccccc1.O=C(O)Cc1ccccc1. The van der Waals surface area contributed by atoms with E-state index in [1.165, 1.54) is 6.33 Å². The normalized spacial score (nSPS) is 14.9. The molecule has 1 saturated heterocycles. The number of esters is 1. The van der Waals surface area contributed by atoms with Gasteiger partial charge in [0.2, 0.25) is 0 Å². The van der Waals surface area contributed by atoms with Gasteiger partial charge in [-0.05, 0) is 48.9 Å². The lowest BCUT2D eigenvalue weighted by molar-refractivity contribution is -0.152. The number of hydrogen-bond acceptors (Lipinski definition) is 9. The summed E-state index contributed by atoms with van der Waals surface area (Å²) in [5.74, 6) is -1.26. The van der Waals surface area contributed by atoms with Crippen LogP contribution in [0, 0.1) is 17.8 Å². The second-order valence-corrected chi connectivity index (χ2v) is 10.3. The molecule has 46 heavy (non-hydrogen) atoms. The maximum absolute atomic E-state index is 12.0. The molecule has 3 heterocycles. The van der Waals surface area contributed by atoms with Crippen molar-refractivity contribution in [2.45, 2.75) is 64.6 Å². The van der Waals surface area contributed by atoms with E-state index in [2.05, 4.69) is 16.7 Å². The molecule has 0 radical (unpaired) electrons. The third-order valence-electron chi connectivity index (χ3n) is 7.08. The van der Waals surface area contributed by atoms with Crippen molar-refractivity contribution in [3.8, 4) is 6.57 Å². The van der Waals surface area contributed by atoms with Crippen molar-refractivity contribution in [2.75, 3.05) is 12.3 Å². The Labute approximate surface area is 268 Å². The number of carbonyl (C=O) groups is 3. The molecule has 2 unspecified atom stereocenters. The Morgan fingerprint density at radius 3 is 1.98 bits per heavy atom. The van der Waals surface area contributed by atoms with Crippen LogP contribution >= 0.6 is 0 Å². The zero-order valence-electron chi connectivity index (χ0n) is 26.1. The largest absolute Gasteiger partial charge is 0.481 e. The molecular formula is C34H41N5O7. The molecular weight excluding hydrogens is 590 g/mol. The minimum absolute atomic E-state index is 0.0172. The predicted molar refractivity (Wildman–Crippen MR) is 172 cm³/mol. The molecule has 2 aromatic carbocycles. The number of rotatable bonds is 10. The van der Waals surface area contributed by atoms with Gasteiger partial charge in [-0.2, -0.15) is 5.10 Å². The molecule has 0 aliphatic carbocycles. The average molecular weight is 632 g/mol. The molecule has 4 N–H and O–H groups in total. The molecule has 0 saturated carbocycles. The number of nitrogens with zero attached hydrogens (tertiary/aromatic N) is 4. The fourth-order valence-electron chi connectivity index (χ4n) is 4.72. The van der Waals surface area contributed by atoms with Crippen molar-refractivity contribution >= 4 is 29.2 Å². The average Bonchev–Trinajstić information content (AvgIpc) is 3.71. The highest BCUT2D eigenvalue weighted by Crippen LogP contribution is 2.34. The quantitative estimate of drug-likeness (QED) is 0.193. The molecule has 1 aliphatic heterocycles. The van der Waals surface area contributed by atoms with Crippen LogP contribution in [0.5, 0.6) is 0 Å². The summed E-state index contributed by atoms with van der Waals surface area (Å²) in [6.45, 7) is 7.82. The van der Waals surface area contributed by atoms with E-state index in [0.717, 1.165) is 48.0 Å². The second kappa shape index (κ2) is 19.9. The number of benzene rings is 2. The van der Waals surface area contributed by atoms with Crippen molar-refractivity contribution in [2.24, 2.45) is 5.92 Å². The van der Waals surface area contributed by atoms with Gasteiger partial charge in [-0.25, -0.2) is 14.8 Å². The number of nitriles is 1. The summed E-state index contributed by atoms with van der Waals surface area (Å²) in [4.78, 5) is 36.3. The lowest BCUT2D eigenvalue weighted by Crippen LogP contribution is -2.23. The number of ether oxygens (including phenoxy) is 2. The van der Waals surface area contributed by atoms with Gasteiger partial charge in [-0.1, -0.05) is 74.5 Å². The van der Waals surface area contributed by atoms with Crippen LogP contribution in [-0.4, -0.2) is 55.4 Å². The van der Waals surface area contributed by atoms with Crippen LogP contribution in [0.1, 0.15) is 62.5 Å². The predicted octanol–water partition coefficient (Wildman–Crippen LogP) is 5.28. The number of carboxylic acids is 2. The smallest absolute Gasteiger partial charge is 0.308 e. The van der Waals surface area contributed by atoms with Gasteiger partial charge in [0.1, 0.15) is 24.6 Å². The number of nitrogen functional groups attached to an aromatic ring is 1. The number of aliphatic carboxylic acids is 2. The molecule has 1 fully saturated rings. The zero-order chi connectivity index (χ0) is 33.9. The molecule has 0 amide bonds. The Morgan fingerprint density at radius 1 is 0.935 bits per heavy atom. The van der Waals surface area contributed by atoms with E-state index in [4.69, 9.17) is 30.7 Å². The highest BCUT2D eigenvalue weighted by Gasteiger charge is 2.30. The van der Waals surface area contributed by atoms with Crippen LogP contribution in [0.2, 0.25) is 0 Å². The highest BCUT2D eigenvalue weighted by molar-refractivity contribution is 5.72. The van der Waals surface area contributed by atoms with Crippen molar-refractivity contribution in [1.29, 1.82) is 5.26 Å². The molecule has 5 rings (SSSR count). The summed E-state index contributed by atoms with van der Waals surface area (Å²) in [6, 6.07) is 22.1. The molecule has 1 aliphatic rings. The number of anilines is 1. The number of aromatic nitrogens is 3. The van der Waals surface area contributed by atoms with Gasteiger partial charge in [-0.15, -0.1) is 0 Å². The van der Waals surface area contributed by atoms with E-state index in [9.17, 15) is 14.4 Å². The number of carbonyl (C=O) groups excluding carboxylic acids is 1. The van der Waals surface area contributed by atoms with E-state index in [1.54, 1.807) is 28.8 Å². The third kappa shape index (κ3) is 12.0. The summed E-state index contributed by atoms with van der Waals surface area (Å²) in [7, 11) is 0. The Hall–Kier alpha value is -5.28. The maximum Gasteiger partial charge on any atom is 0.308 e. The summed E-state index contributed by atoms with van der Waals surface area (Å²) in [6.07, 6.45) is 4.85. The number of hydrogen-bond donors (Lipinski definition) is 3. The summed E-state index contributed by atoms with van der Waals surface area (Å²) >= 11 is 0. The van der Waals surface area contributed by atoms with Crippen LogP contribution < -0.4 is 5.73 Å². The number of carboxylic acid groups (broad SMARTS) is 2. The van der Waals surface area contributed by atoms with Crippen LogP contribution in [0.25, 0.3) is 5.52 Å². The van der Waals surface area contributed by atoms with Crippen LogP contribution in [-0.2, 0) is 36.7 Å². The van der Waals surface area contributed by atoms with Gasteiger partial charge in [0, 0.05) is 6.57 Å². The van der Waals surface area contributed by atoms with E-state index < -0.39 is 11.9 Å². The lowest BCUT2D eigenvalue weighted by atomic mass is 10.0. The second-order valence-electron chi connectivity index (χ2n) is 10.3. The maximum atomic E-state index is 12.0. The molecule has 4 aromatic rings. The lowest BCUT2D eigenvalue weighted by Gasteiger charge is -2.16. The van der Waals surface area contributed by atoms with Crippen molar-refractivity contribution in [3.05, 3.63) is 95.9 Å². The molecule has 244 valence electrons. The Morgan fingerprint density at radius 2 is 1.48 bits per heavy atom. The van der Waals surface area contributed by atoms with Gasteiger partial charge in [0.05, 0.1) is 30.6 Å². The molecule has 12 nitrogen and oxygen atoms in total. The van der Waals surface area contributed by atoms with Crippen LogP contribution in [0.3, 0.4) is 0 Å². The molecule has 0 bridgehead atoms. The van der Waals surface area contributed by atoms with Crippen LogP contribution in [0.15, 0.2) is 79.1 Å². The topological polar surface area (TPSA) is 190 Å².